The third kappa shape index (κ3) is 3.61. The van der Waals surface area contributed by atoms with Crippen molar-refractivity contribution in [1.82, 2.24) is 0 Å². The molecule has 0 aliphatic rings. The third-order valence-corrected chi connectivity index (χ3v) is 3.95. The summed E-state index contributed by atoms with van der Waals surface area (Å²) in [6, 6.07) is 8.53. The Morgan fingerprint density at radius 1 is 1.14 bits per heavy atom. The normalized spacial score (nSPS) is 12.3. The van der Waals surface area contributed by atoms with E-state index in [-0.39, 0.29) is 0 Å². The average molecular weight is 302 g/mol. The molecule has 0 aliphatic heterocycles. The SMILES string of the molecule is CCCCCCC(O)c1ccc2c(NO)ccc(N=O)c2c1. The first-order valence-electron chi connectivity index (χ1n) is 7.69. The van der Waals surface area contributed by atoms with Crippen molar-refractivity contribution < 1.29 is 10.3 Å². The highest BCUT2D eigenvalue weighted by Crippen LogP contribution is 2.34. The monoisotopic (exact) mass is 302 g/mol. The standard InChI is InChI=1S/C17H22N2O3/c1-2-3-4-5-6-17(20)12-7-8-13-14(11-12)16(19-22)10-9-15(13)18-21/h7-11,17-18,20-21H,2-6H2,1H3. The molecular weight excluding hydrogens is 280 g/mol. The van der Waals surface area contributed by atoms with E-state index in [1.165, 1.54) is 6.42 Å². The smallest absolute Gasteiger partial charge is 0.115 e. The number of benzene rings is 2. The largest absolute Gasteiger partial charge is 0.388 e. The molecule has 0 aliphatic carbocycles. The van der Waals surface area contributed by atoms with Crippen molar-refractivity contribution in [3.63, 3.8) is 0 Å². The Morgan fingerprint density at radius 2 is 1.95 bits per heavy atom. The lowest BCUT2D eigenvalue weighted by atomic mass is 9.98. The lowest BCUT2D eigenvalue weighted by Crippen LogP contribution is -1.98. The average Bonchev–Trinajstić information content (AvgIpc) is 2.57. The summed E-state index contributed by atoms with van der Waals surface area (Å²) in [4.78, 5) is 10.9. The Bertz CT molecular complexity index is 643. The van der Waals surface area contributed by atoms with E-state index in [9.17, 15) is 10.0 Å². The summed E-state index contributed by atoms with van der Waals surface area (Å²) >= 11 is 0. The Hall–Kier alpha value is -1.98. The number of unbranched alkanes of at least 4 members (excludes halogenated alkanes) is 3. The van der Waals surface area contributed by atoms with E-state index in [2.05, 4.69) is 17.6 Å². The highest BCUT2D eigenvalue weighted by Gasteiger charge is 2.12. The first-order chi connectivity index (χ1) is 10.7. The quantitative estimate of drug-likeness (QED) is 0.362. The van der Waals surface area contributed by atoms with Crippen LogP contribution in [-0.4, -0.2) is 10.3 Å². The van der Waals surface area contributed by atoms with Crippen LogP contribution < -0.4 is 5.48 Å². The third-order valence-electron chi connectivity index (χ3n) is 3.95. The second kappa shape index (κ2) is 7.87. The van der Waals surface area contributed by atoms with Crippen molar-refractivity contribution in [2.45, 2.75) is 45.1 Å². The number of nitrogens with one attached hydrogen (secondary N) is 1. The molecule has 0 aromatic heterocycles. The molecule has 3 N–H and O–H groups in total. The van der Waals surface area contributed by atoms with Crippen LogP contribution in [0.4, 0.5) is 11.4 Å². The van der Waals surface area contributed by atoms with Crippen LogP contribution in [0.25, 0.3) is 10.8 Å². The molecule has 118 valence electrons. The minimum atomic E-state index is -0.550. The zero-order valence-electron chi connectivity index (χ0n) is 12.7. The number of nitrogens with zero attached hydrogens (tertiary/aromatic N) is 1. The number of rotatable bonds is 8. The zero-order valence-corrected chi connectivity index (χ0v) is 12.7. The predicted octanol–water partition coefficient (Wildman–Crippen LogP) is 5.04. The van der Waals surface area contributed by atoms with Crippen LogP contribution in [0.1, 0.15) is 50.7 Å². The van der Waals surface area contributed by atoms with Gasteiger partial charge in [-0.05, 0) is 35.4 Å². The van der Waals surface area contributed by atoms with E-state index in [1.54, 1.807) is 24.3 Å². The van der Waals surface area contributed by atoms with Crippen molar-refractivity contribution >= 4 is 22.1 Å². The van der Waals surface area contributed by atoms with Gasteiger partial charge in [-0.2, -0.15) is 0 Å². The van der Waals surface area contributed by atoms with Crippen LogP contribution in [0.15, 0.2) is 35.5 Å². The van der Waals surface area contributed by atoms with Gasteiger partial charge >= 0.3 is 0 Å². The lowest BCUT2D eigenvalue weighted by Gasteiger charge is -2.13. The van der Waals surface area contributed by atoms with Crippen molar-refractivity contribution in [2.24, 2.45) is 5.18 Å². The molecule has 1 unspecified atom stereocenters. The minimum absolute atomic E-state index is 0.300. The maximum Gasteiger partial charge on any atom is 0.115 e. The van der Waals surface area contributed by atoms with Gasteiger partial charge in [0.2, 0.25) is 0 Å². The fraction of sp³-hybridized carbons (Fsp3) is 0.412. The van der Waals surface area contributed by atoms with Crippen LogP contribution >= 0.6 is 0 Å². The van der Waals surface area contributed by atoms with E-state index in [0.717, 1.165) is 24.8 Å². The molecule has 1 atom stereocenters. The Morgan fingerprint density at radius 3 is 2.64 bits per heavy atom. The maximum absolute atomic E-state index is 10.9. The van der Waals surface area contributed by atoms with E-state index in [4.69, 9.17) is 5.21 Å². The summed E-state index contributed by atoms with van der Waals surface area (Å²) in [7, 11) is 0. The second-order valence-electron chi connectivity index (χ2n) is 5.51. The van der Waals surface area contributed by atoms with E-state index < -0.39 is 6.10 Å². The molecule has 2 aromatic carbocycles. The fourth-order valence-corrected chi connectivity index (χ4v) is 2.67. The zero-order chi connectivity index (χ0) is 15.9. The number of fused-ring (bicyclic) bond motifs is 1. The molecule has 2 aromatic rings. The molecule has 0 heterocycles. The van der Waals surface area contributed by atoms with E-state index in [0.29, 0.717) is 28.6 Å². The van der Waals surface area contributed by atoms with E-state index in [1.807, 2.05) is 6.07 Å². The van der Waals surface area contributed by atoms with Crippen molar-refractivity contribution in [3.8, 4) is 0 Å². The topological polar surface area (TPSA) is 81.9 Å². The summed E-state index contributed by atoms with van der Waals surface area (Å²) in [6.07, 6.45) is 4.58. The molecule has 0 radical (unpaired) electrons. The number of hydrogen-bond acceptors (Lipinski definition) is 5. The first-order valence-corrected chi connectivity index (χ1v) is 7.69. The highest BCUT2D eigenvalue weighted by atomic mass is 16.5. The summed E-state index contributed by atoms with van der Waals surface area (Å²) in [6.45, 7) is 2.15. The minimum Gasteiger partial charge on any atom is -0.388 e. The molecule has 0 bridgehead atoms. The van der Waals surface area contributed by atoms with Crippen molar-refractivity contribution in [3.05, 3.63) is 40.8 Å². The van der Waals surface area contributed by atoms with Gasteiger partial charge in [-0.15, -0.1) is 4.91 Å². The first kappa shape index (κ1) is 16.4. The Balaban J connectivity index is 2.27. The van der Waals surface area contributed by atoms with Gasteiger partial charge in [0.25, 0.3) is 0 Å². The number of aliphatic hydroxyl groups is 1. The molecule has 5 heteroatoms. The summed E-state index contributed by atoms with van der Waals surface area (Å²) in [5.74, 6) is 0. The molecule has 5 nitrogen and oxygen atoms in total. The lowest BCUT2D eigenvalue weighted by molar-refractivity contribution is 0.163. The number of nitroso groups, excluding NO2 is 1. The fourth-order valence-electron chi connectivity index (χ4n) is 2.67. The van der Waals surface area contributed by atoms with Gasteiger partial charge in [0, 0.05) is 10.8 Å². The number of aliphatic hydroxyl groups excluding tert-OH is 1. The second-order valence-corrected chi connectivity index (χ2v) is 5.51. The molecule has 2 rings (SSSR count). The van der Waals surface area contributed by atoms with Gasteiger partial charge in [0.05, 0.1) is 11.8 Å². The van der Waals surface area contributed by atoms with Crippen molar-refractivity contribution in [2.75, 3.05) is 5.48 Å². The van der Waals surface area contributed by atoms with Crippen LogP contribution in [0.5, 0.6) is 0 Å². The van der Waals surface area contributed by atoms with E-state index >= 15 is 0 Å². The van der Waals surface area contributed by atoms with Gasteiger partial charge in [-0.1, -0.05) is 44.7 Å². The summed E-state index contributed by atoms with van der Waals surface area (Å²) in [5, 5.41) is 23.8. The highest BCUT2D eigenvalue weighted by molar-refractivity contribution is 6.01. The van der Waals surface area contributed by atoms with Crippen LogP contribution in [0.2, 0.25) is 0 Å². The Labute approximate surface area is 129 Å². The van der Waals surface area contributed by atoms with Crippen LogP contribution in [0.3, 0.4) is 0 Å². The number of hydrogen-bond donors (Lipinski definition) is 3. The van der Waals surface area contributed by atoms with Gasteiger partial charge in [-0.25, -0.2) is 0 Å². The Kier molecular flexibility index (Phi) is 5.86. The van der Waals surface area contributed by atoms with Gasteiger partial charge < -0.3 is 5.11 Å². The summed E-state index contributed by atoms with van der Waals surface area (Å²) in [5.41, 5.74) is 3.69. The van der Waals surface area contributed by atoms with Crippen molar-refractivity contribution in [1.29, 1.82) is 0 Å². The summed E-state index contributed by atoms with van der Waals surface area (Å²) < 4.78 is 0. The predicted molar refractivity (Wildman–Crippen MR) is 88.5 cm³/mol. The molecule has 22 heavy (non-hydrogen) atoms. The van der Waals surface area contributed by atoms with Gasteiger partial charge in [-0.3, -0.25) is 10.7 Å². The van der Waals surface area contributed by atoms with Gasteiger partial charge in [0.1, 0.15) is 5.69 Å². The molecule has 0 spiro atoms. The number of anilines is 1. The van der Waals surface area contributed by atoms with Crippen LogP contribution in [-0.2, 0) is 0 Å². The molecule has 0 saturated carbocycles. The molecular formula is C17H22N2O3. The molecule has 0 saturated heterocycles. The molecule has 0 amide bonds. The van der Waals surface area contributed by atoms with Gasteiger partial charge in [0.15, 0.2) is 0 Å². The molecule has 0 fully saturated rings. The maximum atomic E-state index is 10.9. The van der Waals surface area contributed by atoms with Crippen LogP contribution in [0, 0.1) is 4.91 Å².